The molecule has 2 aromatic carbocycles. The highest BCUT2D eigenvalue weighted by molar-refractivity contribution is 7.18. The van der Waals surface area contributed by atoms with Gasteiger partial charge in [-0.2, -0.15) is 8.78 Å². The minimum absolute atomic E-state index is 0.0780. The van der Waals surface area contributed by atoms with Gasteiger partial charge < -0.3 is 14.4 Å². The summed E-state index contributed by atoms with van der Waals surface area (Å²) in [6.07, 6.45) is 0. The van der Waals surface area contributed by atoms with E-state index < -0.39 is 6.61 Å². The molecule has 1 aliphatic heterocycles. The Kier molecular flexibility index (Phi) is 6.10. The molecule has 9 heteroatoms. The van der Waals surface area contributed by atoms with Crippen LogP contribution in [0.25, 0.3) is 10.2 Å². The van der Waals surface area contributed by atoms with Gasteiger partial charge in [0.05, 0.1) is 29.4 Å². The second-order valence-electron chi connectivity index (χ2n) is 6.86. The highest BCUT2D eigenvalue weighted by Gasteiger charge is 2.27. The summed E-state index contributed by atoms with van der Waals surface area (Å²) < 4.78 is 36.5. The maximum atomic E-state index is 13.0. The minimum Gasteiger partial charge on any atom is -0.493 e. The van der Waals surface area contributed by atoms with Crippen LogP contribution in [0.15, 0.2) is 42.5 Å². The van der Waals surface area contributed by atoms with E-state index in [2.05, 4.69) is 20.7 Å². The molecule has 1 aliphatic rings. The fourth-order valence-electron chi connectivity index (χ4n) is 3.51. The SMILES string of the molecule is COc1cccc(C(=O)N2CCN(Cc3nc4ccccc4s3)CC2)c1OC(F)F. The van der Waals surface area contributed by atoms with Crippen molar-refractivity contribution in [1.29, 1.82) is 0 Å². The van der Waals surface area contributed by atoms with Crippen molar-refractivity contribution in [2.45, 2.75) is 13.2 Å². The Labute approximate surface area is 176 Å². The van der Waals surface area contributed by atoms with E-state index in [4.69, 9.17) is 4.74 Å². The molecule has 0 unspecified atom stereocenters. The van der Waals surface area contributed by atoms with Crippen molar-refractivity contribution in [2.24, 2.45) is 0 Å². The van der Waals surface area contributed by atoms with E-state index >= 15 is 0 Å². The molecule has 0 radical (unpaired) electrons. The number of ether oxygens (including phenoxy) is 2. The smallest absolute Gasteiger partial charge is 0.387 e. The van der Waals surface area contributed by atoms with E-state index in [-0.39, 0.29) is 23.0 Å². The Balaban J connectivity index is 1.42. The molecule has 0 N–H and O–H groups in total. The quantitative estimate of drug-likeness (QED) is 0.591. The van der Waals surface area contributed by atoms with Crippen LogP contribution < -0.4 is 9.47 Å². The molecule has 1 aromatic heterocycles. The maximum absolute atomic E-state index is 13.0. The molecule has 0 spiro atoms. The Morgan fingerprint density at radius 3 is 2.60 bits per heavy atom. The molecular weight excluding hydrogens is 412 g/mol. The molecule has 0 aliphatic carbocycles. The number of halogens is 2. The lowest BCUT2D eigenvalue weighted by Crippen LogP contribution is -2.48. The maximum Gasteiger partial charge on any atom is 0.387 e. The largest absolute Gasteiger partial charge is 0.493 e. The molecule has 0 bridgehead atoms. The molecule has 158 valence electrons. The van der Waals surface area contributed by atoms with Gasteiger partial charge in [-0.3, -0.25) is 9.69 Å². The number of benzene rings is 2. The number of hydrogen-bond acceptors (Lipinski definition) is 6. The average Bonchev–Trinajstić information content (AvgIpc) is 3.16. The van der Waals surface area contributed by atoms with Crippen LogP contribution in [-0.4, -0.2) is 60.6 Å². The minimum atomic E-state index is -3.04. The second kappa shape index (κ2) is 8.93. The molecule has 0 saturated carbocycles. The first-order chi connectivity index (χ1) is 14.5. The third-order valence-electron chi connectivity index (χ3n) is 4.99. The topological polar surface area (TPSA) is 54.9 Å². The van der Waals surface area contributed by atoms with E-state index in [1.165, 1.54) is 19.2 Å². The summed E-state index contributed by atoms with van der Waals surface area (Å²) in [6, 6.07) is 12.6. The molecule has 3 aromatic rings. The standard InChI is InChI=1S/C21H21F2N3O3S/c1-28-16-7-4-5-14(19(16)29-21(22)23)20(27)26-11-9-25(10-12-26)13-18-24-15-6-2-3-8-17(15)30-18/h2-8,21H,9-13H2,1H3. The molecule has 30 heavy (non-hydrogen) atoms. The summed E-state index contributed by atoms with van der Waals surface area (Å²) in [5.41, 5.74) is 1.07. The fraction of sp³-hybridized carbons (Fsp3) is 0.333. The summed E-state index contributed by atoms with van der Waals surface area (Å²) in [6.45, 7) is 0.0241. The zero-order valence-electron chi connectivity index (χ0n) is 16.4. The third kappa shape index (κ3) is 4.36. The Morgan fingerprint density at radius 2 is 1.90 bits per heavy atom. The third-order valence-corrected chi connectivity index (χ3v) is 6.01. The fourth-order valence-corrected chi connectivity index (χ4v) is 4.52. The summed E-state index contributed by atoms with van der Waals surface area (Å²) in [7, 11) is 1.35. The molecular formula is C21H21F2N3O3S. The number of methoxy groups -OCH3 is 1. The van der Waals surface area contributed by atoms with E-state index in [0.29, 0.717) is 26.2 Å². The number of amides is 1. The van der Waals surface area contributed by atoms with Crippen molar-refractivity contribution in [3.05, 3.63) is 53.0 Å². The number of para-hydroxylation sites is 2. The zero-order valence-corrected chi connectivity index (χ0v) is 17.2. The number of nitrogens with zero attached hydrogens (tertiary/aromatic N) is 3. The molecule has 4 rings (SSSR count). The molecule has 1 amide bonds. The van der Waals surface area contributed by atoms with Crippen molar-refractivity contribution in [3.63, 3.8) is 0 Å². The van der Waals surface area contributed by atoms with Gasteiger partial charge in [-0.25, -0.2) is 4.98 Å². The van der Waals surface area contributed by atoms with Crippen molar-refractivity contribution < 1.29 is 23.0 Å². The number of piperazine rings is 1. The number of alkyl halides is 2. The number of carbonyl (C=O) groups is 1. The molecule has 1 saturated heterocycles. The van der Waals surface area contributed by atoms with Crippen molar-refractivity contribution in [1.82, 2.24) is 14.8 Å². The van der Waals surface area contributed by atoms with Crippen LogP contribution in [0.5, 0.6) is 11.5 Å². The van der Waals surface area contributed by atoms with Gasteiger partial charge in [-0.05, 0) is 24.3 Å². The van der Waals surface area contributed by atoms with Gasteiger partial charge in [-0.1, -0.05) is 18.2 Å². The second-order valence-corrected chi connectivity index (χ2v) is 7.97. The van der Waals surface area contributed by atoms with E-state index in [1.54, 1.807) is 22.3 Å². The van der Waals surface area contributed by atoms with Gasteiger partial charge in [0.15, 0.2) is 11.5 Å². The van der Waals surface area contributed by atoms with Gasteiger partial charge in [0.1, 0.15) is 5.01 Å². The number of aromatic nitrogens is 1. The molecule has 1 fully saturated rings. The van der Waals surface area contributed by atoms with E-state index in [9.17, 15) is 13.6 Å². The van der Waals surface area contributed by atoms with Crippen molar-refractivity contribution in [2.75, 3.05) is 33.3 Å². The predicted molar refractivity (Wildman–Crippen MR) is 110 cm³/mol. The van der Waals surface area contributed by atoms with Crippen LogP contribution in [0.4, 0.5) is 8.78 Å². The zero-order chi connectivity index (χ0) is 21.1. The predicted octanol–water partition coefficient (Wildman–Crippen LogP) is 3.86. The Hall–Kier alpha value is -2.78. The number of carbonyl (C=O) groups excluding carboxylic acids is 1. The molecule has 6 nitrogen and oxygen atoms in total. The molecule has 2 heterocycles. The summed E-state index contributed by atoms with van der Waals surface area (Å²) in [4.78, 5) is 21.5. The summed E-state index contributed by atoms with van der Waals surface area (Å²) >= 11 is 1.67. The van der Waals surface area contributed by atoms with Crippen LogP contribution in [0.1, 0.15) is 15.4 Å². The van der Waals surface area contributed by atoms with E-state index in [0.717, 1.165) is 21.8 Å². The highest BCUT2D eigenvalue weighted by Crippen LogP contribution is 2.33. The first kappa shape index (κ1) is 20.5. The summed E-state index contributed by atoms with van der Waals surface area (Å²) in [5, 5.41) is 1.04. The van der Waals surface area contributed by atoms with Gasteiger partial charge in [0.2, 0.25) is 0 Å². The van der Waals surface area contributed by atoms with Crippen molar-refractivity contribution in [3.8, 4) is 11.5 Å². The van der Waals surface area contributed by atoms with Crippen LogP contribution >= 0.6 is 11.3 Å². The average molecular weight is 433 g/mol. The first-order valence-electron chi connectivity index (χ1n) is 9.53. The lowest BCUT2D eigenvalue weighted by Gasteiger charge is -2.34. The van der Waals surface area contributed by atoms with Gasteiger partial charge >= 0.3 is 6.61 Å². The Morgan fingerprint density at radius 1 is 1.13 bits per heavy atom. The monoisotopic (exact) mass is 433 g/mol. The summed E-state index contributed by atoms with van der Waals surface area (Å²) in [5.74, 6) is -0.461. The first-order valence-corrected chi connectivity index (χ1v) is 10.3. The van der Waals surface area contributed by atoms with Crippen LogP contribution in [0.2, 0.25) is 0 Å². The van der Waals surface area contributed by atoms with Crippen molar-refractivity contribution >= 4 is 27.5 Å². The van der Waals surface area contributed by atoms with Gasteiger partial charge in [0, 0.05) is 26.2 Å². The van der Waals surface area contributed by atoms with Gasteiger partial charge in [-0.15, -0.1) is 11.3 Å². The number of rotatable bonds is 6. The lowest BCUT2D eigenvalue weighted by molar-refractivity contribution is -0.0517. The van der Waals surface area contributed by atoms with Crippen LogP contribution in [-0.2, 0) is 6.54 Å². The number of fused-ring (bicyclic) bond motifs is 1. The van der Waals surface area contributed by atoms with Gasteiger partial charge in [0.25, 0.3) is 5.91 Å². The molecule has 0 atom stereocenters. The highest BCUT2D eigenvalue weighted by atomic mass is 32.1. The Bertz CT molecular complexity index is 1000. The normalized spacial score (nSPS) is 15.0. The number of thiazole rings is 1. The number of hydrogen-bond donors (Lipinski definition) is 0. The lowest BCUT2D eigenvalue weighted by atomic mass is 10.1. The van der Waals surface area contributed by atoms with Crippen LogP contribution in [0.3, 0.4) is 0 Å². The van der Waals surface area contributed by atoms with E-state index in [1.807, 2.05) is 18.2 Å². The van der Waals surface area contributed by atoms with Crippen LogP contribution in [0, 0.1) is 0 Å².